The highest BCUT2D eigenvalue weighted by Gasteiger charge is 2.20. The number of hydrogen-bond donors (Lipinski definition) is 0. The van der Waals surface area contributed by atoms with Crippen LogP contribution in [-0.2, 0) is 11.3 Å². The fourth-order valence-corrected chi connectivity index (χ4v) is 3.98. The summed E-state index contributed by atoms with van der Waals surface area (Å²) in [5, 5.41) is 8.29. The number of benzene rings is 1. The molecule has 2 aromatic rings. The lowest BCUT2D eigenvalue weighted by Crippen LogP contribution is -2.49. The van der Waals surface area contributed by atoms with Crippen LogP contribution in [-0.4, -0.2) is 88.0 Å². The summed E-state index contributed by atoms with van der Waals surface area (Å²) in [6.45, 7) is 8.96. The summed E-state index contributed by atoms with van der Waals surface area (Å²) in [6, 6.07) is 10.1. The van der Waals surface area contributed by atoms with Crippen LogP contribution in [0, 0.1) is 0 Å². The maximum atomic E-state index is 12.5. The Kier molecular flexibility index (Phi) is 6.69. The molecule has 3 heterocycles. The predicted octanol–water partition coefficient (Wildman–Crippen LogP) is 1.58. The average molecular weight is 395 g/mol. The van der Waals surface area contributed by atoms with E-state index in [1.54, 1.807) is 16.8 Å². The molecular weight excluding hydrogens is 364 g/mol. The second kappa shape index (κ2) is 9.80. The normalized spacial score (nSPS) is 18.7. The number of piperazine rings is 1. The Morgan fingerprint density at radius 2 is 1.62 bits per heavy atom. The van der Waals surface area contributed by atoms with Gasteiger partial charge in [-0.15, -0.1) is 5.10 Å². The molecule has 0 atom stereocenters. The zero-order valence-corrected chi connectivity index (χ0v) is 17.0. The van der Waals surface area contributed by atoms with Gasteiger partial charge < -0.3 is 9.80 Å². The van der Waals surface area contributed by atoms with Crippen LogP contribution >= 0.6 is 0 Å². The molecule has 154 valence electrons. The summed E-state index contributed by atoms with van der Waals surface area (Å²) >= 11 is 0. The van der Waals surface area contributed by atoms with E-state index in [-0.39, 0.29) is 5.91 Å². The van der Waals surface area contributed by atoms with E-state index in [4.69, 9.17) is 0 Å². The quantitative estimate of drug-likeness (QED) is 0.668. The van der Waals surface area contributed by atoms with Gasteiger partial charge in [0.25, 0.3) is 0 Å². The number of carbonyl (C=O) groups excluding carboxylic acids is 1. The van der Waals surface area contributed by atoms with Crippen molar-refractivity contribution in [2.75, 3.05) is 52.4 Å². The molecule has 0 spiro atoms. The number of amides is 1. The van der Waals surface area contributed by atoms with Gasteiger partial charge in [-0.25, -0.2) is 4.68 Å². The standard InChI is InChI=1S/C22H30N6O/c29-22(27-16-14-26(15-17-27)13-12-25-10-4-5-11-25)9-8-21-19-28(24-23-21)18-20-6-2-1-3-7-20/h1-3,6-9,19H,4-5,10-18H2. The fraction of sp³-hybridized carbons (Fsp3) is 0.500. The number of likely N-dealkylation sites (tertiary alicyclic amines) is 1. The topological polar surface area (TPSA) is 57.5 Å². The van der Waals surface area contributed by atoms with Gasteiger partial charge in [-0.3, -0.25) is 9.69 Å². The zero-order chi connectivity index (χ0) is 19.9. The Hall–Kier alpha value is -2.51. The number of rotatable bonds is 7. The van der Waals surface area contributed by atoms with Gasteiger partial charge >= 0.3 is 0 Å². The molecule has 7 nitrogen and oxygen atoms in total. The van der Waals surface area contributed by atoms with Crippen molar-refractivity contribution in [3.8, 4) is 0 Å². The highest BCUT2D eigenvalue weighted by atomic mass is 16.2. The largest absolute Gasteiger partial charge is 0.337 e. The SMILES string of the molecule is O=C(C=Cc1cn(Cc2ccccc2)nn1)N1CCN(CCN2CCCC2)CC1. The molecule has 1 aromatic carbocycles. The molecule has 29 heavy (non-hydrogen) atoms. The summed E-state index contributed by atoms with van der Waals surface area (Å²) in [5.74, 6) is 0.0572. The first-order chi connectivity index (χ1) is 14.3. The van der Waals surface area contributed by atoms with Crippen LogP contribution in [0.2, 0.25) is 0 Å². The van der Waals surface area contributed by atoms with Gasteiger partial charge in [0, 0.05) is 45.3 Å². The van der Waals surface area contributed by atoms with Crippen molar-refractivity contribution < 1.29 is 4.79 Å². The van der Waals surface area contributed by atoms with Crippen molar-refractivity contribution in [1.29, 1.82) is 0 Å². The van der Waals surface area contributed by atoms with Crippen LogP contribution in [0.5, 0.6) is 0 Å². The van der Waals surface area contributed by atoms with Gasteiger partial charge in [0.1, 0.15) is 5.69 Å². The summed E-state index contributed by atoms with van der Waals surface area (Å²) in [7, 11) is 0. The number of aromatic nitrogens is 3. The second-order valence-corrected chi connectivity index (χ2v) is 7.88. The molecule has 2 saturated heterocycles. The van der Waals surface area contributed by atoms with Crippen molar-refractivity contribution in [3.05, 3.63) is 53.9 Å². The first-order valence-electron chi connectivity index (χ1n) is 10.6. The molecule has 2 fully saturated rings. The molecule has 0 bridgehead atoms. The molecule has 0 saturated carbocycles. The first kappa shape index (κ1) is 19.8. The summed E-state index contributed by atoms with van der Waals surface area (Å²) in [4.78, 5) is 19.4. The molecule has 7 heteroatoms. The van der Waals surface area contributed by atoms with Crippen molar-refractivity contribution >= 4 is 12.0 Å². The molecule has 0 radical (unpaired) electrons. The minimum atomic E-state index is 0.0572. The fourth-order valence-electron chi connectivity index (χ4n) is 3.98. The molecule has 2 aliphatic rings. The van der Waals surface area contributed by atoms with E-state index in [9.17, 15) is 4.79 Å². The van der Waals surface area contributed by atoms with Crippen LogP contribution in [0.1, 0.15) is 24.1 Å². The minimum absolute atomic E-state index is 0.0572. The van der Waals surface area contributed by atoms with Crippen molar-refractivity contribution in [2.24, 2.45) is 0 Å². The molecule has 0 aliphatic carbocycles. The number of nitrogens with zero attached hydrogens (tertiary/aromatic N) is 6. The van der Waals surface area contributed by atoms with E-state index < -0.39 is 0 Å². The zero-order valence-electron chi connectivity index (χ0n) is 17.0. The lowest BCUT2D eigenvalue weighted by atomic mass is 10.2. The number of carbonyl (C=O) groups is 1. The Balaban J connectivity index is 1.21. The first-order valence-corrected chi connectivity index (χ1v) is 10.6. The lowest BCUT2D eigenvalue weighted by Gasteiger charge is -2.35. The minimum Gasteiger partial charge on any atom is -0.337 e. The molecule has 0 unspecified atom stereocenters. The summed E-state index contributed by atoms with van der Waals surface area (Å²) in [6.07, 6.45) is 7.93. The van der Waals surface area contributed by atoms with E-state index in [0.29, 0.717) is 12.2 Å². The molecule has 4 rings (SSSR count). The van der Waals surface area contributed by atoms with Crippen molar-refractivity contribution in [2.45, 2.75) is 19.4 Å². The van der Waals surface area contributed by atoms with Crippen LogP contribution in [0.15, 0.2) is 42.6 Å². The van der Waals surface area contributed by atoms with Gasteiger partial charge in [-0.1, -0.05) is 35.5 Å². The van der Waals surface area contributed by atoms with Crippen LogP contribution < -0.4 is 0 Å². The van der Waals surface area contributed by atoms with Gasteiger partial charge in [0.2, 0.25) is 5.91 Å². The number of hydrogen-bond acceptors (Lipinski definition) is 5. The third-order valence-corrected chi connectivity index (χ3v) is 5.76. The van der Waals surface area contributed by atoms with Crippen LogP contribution in [0.4, 0.5) is 0 Å². The van der Waals surface area contributed by atoms with Crippen LogP contribution in [0.25, 0.3) is 6.08 Å². The smallest absolute Gasteiger partial charge is 0.246 e. The van der Waals surface area contributed by atoms with E-state index in [1.165, 1.54) is 31.5 Å². The Morgan fingerprint density at radius 3 is 2.34 bits per heavy atom. The summed E-state index contributed by atoms with van der Waals surface area (Å²) < 4.78 is 1.79. The van der Waals surface area contributed by atoms with Gasteiger partial charge in [0.15, 0.2) is 0 Å². The van der Waals surface area contributed by atoms with E-state index in [0.717, 1.165) is 39.3 Å². The Bertz CT molecular complexity index is 804. The third-order valence-electron chi connectivity index (χ3n) is 5.76. The van der Waals surface area contributed by atoms with Crippen molar-refractivity contribution in [3.63, 3.8) is 0 Å². The average Bonchev–Trinajstić information content (AvgIpc) is 3.44. The van der Waals surface area contributed by atoms with E-state index in [1.807, 2.05) is 29.3 Å². The third kappa shape index (κ3) is 5.74. The van der Waals surface area contributed by atoms with E-state index >= 15 is 0 Å². The van der Waals surface area contributed by atoms with Gasteiger partial charge in [-0.05, 0) is 37.6 Å². The van der Waals surface area contributed by atoms with E-state index in [2.05, 4.69) is 32.2 Å². The lowest BCUT2D eigenvalue weighted by molar-refractivity contribution is -0.127. The maximum Gasteiger partial charge on any atom is 0.246 e. The summed E-state index contributed by atoms with van der Waals surface area (Å²) in [5.41, 5.74) is 1.88. The van der Waals surface area contributed by atoms with Crippen molar-refractivity contribution in [1.82, 2.24) is 29.7 Å². The Morgan fingerprint density at radius 1 is 0.931 bits per heavy atom. The van der Waals surface area contributed by atoms with Gasteiger partial charge in [-0.2, -0.15) is 0 Å². The maximum absolute atomic E-state index is 12.5. The molecule has 0 N–H and O–H groups in total. The predicted molar refractivity (Wildman–Crippen MR) is 113 cm³/mol. The molecule has 1 aromatic heterocycles. The highest BCUT2D eigenvalue weighted by molar-refractivity contribution is 5.91. The molecule has 1 amide bonds. The molecule has 2 aliphatic heterocycles. The monoisotopic (exact) mass is 394 g/mol. The second-order valence-electron chi connectivity index (χ2n) is 7.88. The molecular formula is C22H30N6O. The van der Waals surface area contributed by atoms with Gasteiger partial charge in [0.05, 0.1) is 12.7 Å². The highest BCUT2D eigenvalue weighted by Crippen LogP contribution is 2.09. The van der Waals surface area contributed by atoms with Crippen LogP contribution in [0.3, 0.4) is 0 Å². The Labute approximate surface area is 172 Å².